The van der Waals surface area contributed by atoms with E-state index < -0.39 is 17.5 Å². The van der Waals surface area contributed by atoms with Crippen molar-refractivity contribution in [1.82, 2.24) is 15.1 Å². The van der Waals surface area contributed by atoms with Gasteiger partial charge in [0, 0.05) is 11.6 Å². The van der Waals surface area contributed by atoms with Gasteiger partial charge in [0.05, 0.1) is 18.4 Å². The fourth-order valence-corrected chi connectivity index (χ4v) is 3.38. The number of rotatable bonds is 5. The first kappa shape index (κ1) is 20.2. The third-order valence-corrected chi connectivity index (χ3v) is 5.06. The maximum atomic E-state index is 14.4. The highest BCUT2D eigenvalue weighted by molar-refractivity contribution is 7.19. The van der Waals surface area contributed by atoms with E-state index in [-0.39, 0.29) is 39.5 Å². The smallest absolute Gasteiger partial charge is 0.272 e. The highest BCUT2D eigenvalue weighted by Crippen LogP contribution is 2.34. The molecular formula is C19H14F2N6O3S. The highest BCUT2D eigenvalue weighted by Gasteiger charge is 2.21. The molecule has 0 atom stereocenters. The number of nitrogens with one attached hydrogen (secondary N) is 1. The topological polar surface area (TPSA) is 142 Å². The summed E-state index contributed by atoms with van der Waals surface area (Å²) in [5.74, 6) is -2.18. The van der Waals surface area contributed by atoms with Crippen molar-refractivity contribution in [2.24, 2.45) is 0 Å². The molecule has 0 radical (unpaired) electrons. The Labute approximate surface area is 177 Å². The van der Waals surface area contributed by atoms with Gasteiger partial charge in [0.15, 0.2) is 5.13 Å². The average molecular weight is 444 g/mol. The zero-order valence-corrected chi connectivity index (χ0v) is 16.7. The van der Waals surface area contributed by atoms with Crippen molar-refractivity contribution in [3.63, 3.8) is 0 Å². The quantitative estimate of drug-likeness (QED) is 0.424. The van der Waals surface area contributed by atoms with Crippen molar-refractivity contribution in [2.75, 3.05) is 23.9 Å². The number of thiazole rings is 1. The van der Waals surface area contributed by atoms with E-state index in [0.717, 1.165) is 17.4 Å². The monoisotopic (exact) mass is 444 g/mol. The Morgan fingerprint density at radius 1 is 1.16 bits per heavy atom. The summed E-state index contributed by atoms with van der Waals surface area (Å²) in [7, 11) is 1.45. The lowest BCUT2D eigenvalue weighted by Crippen LogP contribution is -2.13. The van der Waals surface area contributed by atoms with Crippen LogP contribution in [0.2, 0.25) is 0 Å². The molecule has 4 aromatic rings. The van der Waals surface area contributed by atoms with E-state index in [1.54, 1.807) is 12.1 Å². The van der Waals surface area contributed by atoms with Crippen LogP contribution in [0.4, 0.5) is 25.4 Å². The predicted molar refractivity (Wildman–Crippen MR) is 111 cm³/mol. The molecule has 0 aliphatic carbocycles. The van der Waals surface area contributed by atoms with Crippen molar-refractivity contribution in [1.29, 1.82) is 0 Å². The molecule has 0 bridgehead atoms. The summed E-state index contributed by atoms with van der Waals surface area (Å²) in [6.07, 6.45) is 0. The van der Waals surface area contributed by atoms with Crippen molar-refractivity contribution >= 4 is 33.9 Å². The summed E-state index contributed by atoms with van der Waals surface area (Å²) >= 11 is 1.02. The van der Waals surface area contributed by atoms with E-state index in [9.17, 15) is 13.6 Å². The van der Waals surface area contributed by atoms with Gasteiger partial charge in [-0.3, -0.25) is 4.79 Å². The zero-order chi connectivity index (χ0) is 22.1. The van der Waals surface area contributed by atoms with Crippen LogP contribution in [-0.2, 0) is 0 Å². The first-order chi connectivity index (χ1) is 14.9. The molecule has 12 heteroatoms. The number of aromatic nitrogens is 3. The van der Waals surface area contributed by atoms with Crippen LogP contribution in [0.5, 0.6) is 5.75 Å². The second-order valence-corrected chi connectivity index (χ2v) is 7.22. The normalized spacial score (nSPS) is 10.8. The Balaban J connectivity index is 1.65. The maximum absolute atomic E-state index is 14.4. The van der Waals surface area contributed by atoms with Crippen LogP contribution in [0.3, 0.4) is 0 Å². The second kappa shape index (κ2) is 7.99. The lowest BCUT2D eigenvalue weighted by molar-refractivity contribution is 0.102. The fourth-order valence-electron chi connectivity index (χ4n) is 2.70. The molecule has 0 aliphatic rings. The predicted octanol–water partition coefficient (Wildman–Crippen LogP) is 3.56. The highest BCUT2D eigenvalue weighted by atomic mass is 32.1. The zero-order valence-electron chi connectivity index (χ0n) is 15.8. The number of nitrogens with two attached hydrogens (primary N) is 2. The number of ether oxygens (including phenoxy) is 1. The molecule has 2 heterocycles. The van der Waals surface area contributed by atoms with Gasteiger partial charge >= 0.3 is 0 Å². The number of nitrogens with zero attached hydrogens (tertiary/aromatic N) is 3. The van der Waals surface area contributed by atoms with Gasteiger partial charge in [-0.2, -0.15) is 4.98 Å². The first-order valence-corrected chi connectivity index (χ1v) is 9.48. The van der Waals surface area contributed by atoms with Crippen LogP contribution < -0.4 is 21.5 Å². The second-order valence-electron chi connectivity index (χ2n) is 6.19. The summed E-state index contributed by atoms with van der Waals surface area (Å²) in [4.78, 5) is 20.7. The molecule has 2 aromatic heterocycles. The molecule has 0 unspecified atom stereocenters. The number of anilines is 3. The Bertz CT molecular complexity index is 1290. The number of carbonyl (C=O) groups is 1. The van der Waals surface area contributed by atoms with Crippen LogP contribution in [0.25, 0.3) is 22.2 Å². The Morgan fingerprint density at radius 2 is 1.97 bits per heavy atom. The van der Waals surface area contributed by atoms with Gasteiger partial charge in [-0.05, 0) is 24.3 Å². The molecule has 0 saturated carbocycles. The summed E-state index contributed by atoms with van der Waals surface area (Å²) in [6.45, 7) is 0. The number of carbonyl (C=O) groups excluding carboxylic acids is 1. The molecule has 158 valence electrons. The summed E-state index contributed by atoms with van der Waals surface area (Å²) in [5.41, 5.74) is 11.1. The Hall–Kier alpha value is -4.06. The van der Waals surface area contributed by atoms with Crippen molar-refractivity contribution < 1.29 is 22.8 Å². The summed E-state index contributed by atoms with van der Waals surface area (Å²) in [5, 5.41) is 6.31. The van der Waals surface area contributed by atoms with Crippen molar-refractivity contribution in [2.45, 2.75) is 0 Å². The maximum Gasteiger partial charge on any atom is 0.272 e. The molecule has 0 aliphatic heterocycles. The molecule has 4 rings (SSSR count). The van der Waals surface area contributed by atoms with E-state index in [4.69, 9.17) is 20.7 Å². The van der Waals surface area contributed by atoms with Crippen molar-refractivity contribution in [3.05, 3.63) is 53.6 Å². The number of nitrogen functional groups attached to an aromatic ring is 2. The minimum atomic E-state index is -0.972. The van der Waals surface area contributed by atoms with Gasteiger partial charge in [0.25, 0.3) is 11.8 Å². The van der Waals surface area contributed by atoms with Gasteiger partial charge in [-0.25, -0.2) is 13.8 Å². The van der Waals surface area contributed by atoms with Crippen LogP contribution in [0, 0.1) is 11.6 Å². The molecule has 0 saturated heterocycles. The molecule has 31 heavy (non-hydrogen) atoms. The minimum Gasteiger partial charge on any atom is -0.497 e. The van der Waals surface area contributed by atoms with Gasteiger partial charge in [0.1, 0.15) is 28.1 Å². The lowest BCUT2D eigenvalue weighted by atomic mass is 10.1. The number of halogens is 2. The lowest BCUT2D eigenvalue weighted by Gasteiger charge is -2.09. The van der Waals surface area contributed by atoms with E-state index in [1.807, 2.05) is 0 Å². The summed E-state index contributed by atoms with van der Waals surface area (Å²) in [6, 6.07) is 7.96. The fraction of sp³-hybridized carbons (Fsp3) is 0.0526. The van der Waals surface area contributed by atoms with Crippen LogP contribution in [-0.4, -0.2) is 28.1 Å². The number of hydrogen-bond donors (Lipinski definition) is 3. The molecule has 9 nitrogen and oxygen atoms in total. The Kier molecular flexibility index (Phi) is 5.21. The molecule has 1 amide bonds. The van der Waals surface area contributed by atoms with Crippen molar-refractivity contribution in [3.8, 4) is 27.9 Å². The number of benzene rings is 2. The van der Waals surface area contributed by atoms with E-state index >= 15 is 0 Å². The molecule has 2 aromatic carbocycles. The minimum absolute atomic E-state index is 0.0209. The third-order valence-electron chi connectivity index (χ3n) is 4.17. The molecular weight excluding hydrogens is 430 g/mol. The molecule has 0 spiro atoms. The van der Waals surface area contributed by atoms with Gasteiger partial charge < -0.3 is 26.0 Å². The standard InChI is InChI=1S/C19H14F2N6O3S/c1-29-9-4-2-3-8(5-9)17(28)24-13-6-10(11(20)7-12(13)21)16-26-18(30-27-16)14-15(22)25-19(23)31-14/h2-7H,22H2,1H3,(H2,23,25)(H,24,28). The largest absolute Gasteiger partial charge is 0.497 e. The summed E-state index contributed by atoms with van der Waals surface area (Å²) < 4.78 is 38.9. The van der Waals surface area contributed by atoms with Crippen LogP contribution in [0.1, 0.15) is 10.4 Å². The number of amides is 1. The van der Waals surface area contributed by atoms with Gasteiger partial charge in [0.2, 0.25) is 5.82 Å². The van der Waals surface area contributed by atoms with Gasteiger partial charge in [-0.15, -0.1) is 0 Å². The van der Waals surface area contributed by atoms with E-state index in [1.165, 1.54) is 19.2 Å². The molecule has 5 N–H and O–H groups in total. The Morgan fingerprint density at radius 3 is 2.68 bits per heavy atom. The van der Waals surface area contributed by atoms with Crippen LogP contribution >= 0.6 is 11.3 Å². The SMILES string of the molecule is COc1cccc(C(=O)Nc2cc(-c3noc(-c4sc(N)nc4N)n3)c(F)cc2F)c1. The van der Waals surface area contributed by atoms with Gasteiger partial charge in [-0.1, -0.05) is 22.6 Å². The number of methoxy groups -OCH3 is 1. The van der Waals surface area contributed by atoms with Crippen LogP contribution in [0.15, 0.2) is 40.9 Å². The molecule has 0 fully saturated rings. The third kappa shape index (κ3) is 4.00. The van der Waals surface area contributed by atoms with E-state index in [2.05, 4.69) is 20.4 Å². The number of hydrogen-bond acceptors (Lipinski definition) is 9. The van der Waals surface area contributed by atoms with E-state index in [0.29, 0.717) is 16.7 Å². The first-order valence-electron chi connectivity index (χ1n) is 8.66. The average Bonchev–Trinajstić information content (AvgIpc) is 3.35.